The van der Waals surface area contributed by atoms with Crippen molar-refractivity contribution in [2.24, 2.45) is 17.2 Å². The van der Waals surface area contributed by atoms with E-state index in [9.17, 15) is 0 Å². The van der Waals surface area contributed by atoms with Crippen LogP contribution in [0.2, 0.25) is 5.02 Å². The summed E-state index contributed by atoms with van der Waals surface area (Å²) in [4.78, 5) is 0. The molecule has 0 aliphatic heterocycles. The number of nitrogens with two attached hydrogens (primary N) is 1. The molecule has 1 aromatic rings. The van der Waals surface area contributed by atoms with E-state index in [2.05, 4.69) is 19.3 Å². The molecule has 0 aromatic heterocycles. The lowest BCUT2D eigenvalue weighted by atomic mass is 9.70. The van der Waals surface area contributed by atoms with Crippen LogP contribution in [0.25, 0.3) is 0 Å². The summed E-state index contributed by atoms with van der Waals surface area (Å²) in [5, 5.41) is 0.742. The van der Waals surface area contributed by atoms with Gasteiger partial charge in [-0.1, -0.05) is 25.4 Å². The van der Waals surface area contributed by atoms with Crippen molar-refractivity contribution >= 4 is 11.6 Å². The van der Waals surface area contributed by atoms with Crippen LogP contribution in [0.5, 0.6) is 5.75 Å². The SMILES string of the molecule is COc1ccc(Cl)cc1CC(NN)C1CCC(C)(C)CC1. The van der Waals surface area contributed by atoms with Gasteiger partial charge in [-0.05, 0) is 67.2 Å². The first-order valence-electron chi connectivity index (χ1n) is 7.74. The molecule has 1 saturated carbocycles. The summed E-state index contributed by atoms with van der Waals surface area (Å²) in [5.74, 6) is 7.33. The van der Waals surface area contributed by atoms with Crippen molar-refractivity contribution in [1.82, 2.24) is 5.43 Å². The fourth-order valence-corrected chi connectivity index (χ4v) is 3.52. The predicted octanol–water partition coefficient (Wildman–Crippen LogP) is 3.94. The molecule has 1 aliphatic rings. The van der Waals surface area contributed by atoms with E-state index in [0.29, 0.717) is 11.3 Å². The first-order chi connectivity index (χ1) is 9.95. The van der Waals surface area contributed by atoms with Crippen LogP contribution in [-0.2, 0) is 6.42 Å². The van der Waals surface area contributed by atoms with E-state index in [-0.39, 0.29) is 6.04 Å². The summed E-state index contributed by atoms with van der Waals surface area (Å²) in [7, 11) is 1.70. The zero-order valence-corrected chi connectivity index (χ0v) is 14.0. The van der Waals surface area contributed by atoms with Crippen LogP contribution in [0, 0.1) is 11.3 Å². The number of rotatable bonds is 5. The molecule has 4 heteroatoms. The summed E-state index contributed by atoms with van der Waals surface area (Å²) < 4.78 is 5.44. The molecule has 21 heavy (non-hydrogen) atoms. The Morgan fingerprint density at radius 1 is 1.38 bits per heavy atom. The second-order valence-electron chi connectivity index (χ2n) is 6.94. The van der Waals surface area contributed by atoms with Crippen molar-refractivity contribution in [2.45, 2.75) is 52.0 Å². The molecule has 0 bridgehead atoms. The van der Waals surface area contributed by atoms with Crippen molar-refractivity contribution in [2.75, 3.05) is 7.11 Å². The molecule has 1 atom stereocenters. The van der Waals surface area contributed by atoms with E-state index < -0.39 is 0 Å². The third-order valence-electron chi connectivity index (χ3n) is 4.85. The molecule has 1 fully saturated rings. The summed E-state index contributed by atoms with van der Waals surface area (Å²) in [5.41, 5.74) is 4.62. The average molecular weight is 311 g/mol. The van der Waals surface area contributed by atoms with Crippen molar-refractivity contribution in [3.63, 3.8) is 0 Å². The minimum Gasteiger partial charge on any atom is -0.496 e. The van der Waals surface area contributed by atoms with Crippen molar-refractivity contribution in [3.8, 4) is 5.75 Å². The molecule has 118 valence electrons. The van der Waals surface area contributed by atoms with Gasteiger partial charge in [-0.15, -0.1) is 0 Å². The summed E-state index contributed by atoms with van der Waals surface area (Å²) in [6.07, 6.45) is 5.84. The minimum atomic E-state index is 0.272. The first kappa shape index (κ1) is 16.6. The van der Waals surface area contributed by atoms with E-state index in [1.54, 1.807) is 7.11 Å². The molecule has 0 amide bonds. The number of hydrogen-bond acceptors (Lipinski definition) is 3. The Hall–Kier alpha value is -0.770. The monoisotopic (exact) mass is 310 g/mol. The van der Waals surface area contributed by atoms with Crippen LogP contribution < -0.4 is 16.0 Å². The van der Waals surface area contributed by atoms with Crippen molar-refractivity contribution < 1.29 is 4.74 Å². The smallest absolute Gasteiger partial charge is 0.122 e. The standard InChI is InChI=1S/C17H27ClN2O/c1-17(2)8-6-12(7-9-17)15(20-19)11-13-10-14(18)4-5-16(13)21-3/h4-5,10,12,15,20H,6-9,11,19H2,1-3H3. The summed E-state index contributed by atoms with van der Waals surface area (Å²) in [6, 6.07) is 6.04. The highest BCUT2D eigenvalue weighted by molar-refractivity contribution is 6.30. The Bertz CT molecular complexity index is 466. The van der Waals surface area contributed by atoms with Crippen LogP contribution in [0.15, 0.2) is 18.2 Å². The molecule has 1 aliphatic carbocycles. The quantitative estimate of drug-likeness (QED) is 0.639. The maximum Gasteiger partial charge on any atom is 0.122 e. The number of methoxy groups -OCH3 is 1. The molecule has 0 radical (unpaired) electrons. The Morgan fingerprint density at radius 2 is 2.05 bits per heavy atom. The van der Waals surface area contributed by atoms with Gasteiger partial charge in [0.25, 0.3) is 0 Å². The molecule has 3 N–H and O–H groups in total. The highest BCUT2D eigenvalue weighted by Crippen LogP contribution is 2.40. The van der Waals surface area contributed by atoms with Gasteiger partial charge in [0, 0.05) is 11.1 Å². The normalized spacial score (nSPS) is 20.2. The van der Waals surface area contributed by atoms with Crippen molar-refractivity contribution in [1.29, 1.82) is 0 Å². The van der Waals surface area contributed by atoms with Crippen LogP contribution >= 0.6 is 11.6 Å². The topological polar surface area (TPSA) is 47.3 Å². The Balaban J connectivity index is 2.07. The number of nitrogens with one attached hydrogen (secondary N) is 1. The van der Waals surface area contributed by atoms with Gasteiger partial charge < -0.3 is 4.74 Å². The zero-order valence-electron chi connectivity index (χ0n) is 13.3. The van der Waals surface area contributed by atoms with E-state index in [1.165, 1.54) is 25.7 Å². The molecule has 3 nitrogen and oxygen atoms in total. The van der Waals surface area contributed by atoms with Gasteiger partial charge in [0.15, 0.2) is 0 Å². The number of halogens is 1. The molecular weight excluding hydrogens is 284 g/mol. The van der Waals surface area contributed by atoms with E-state index in [1.807, 2.05) is 18.2 Å². The van der Waals surface area contributed by atoms with Crippen LogP contribution in [0.3, 0.4) is 0 Å². The van der Waals surface area contributed by atoms with E-state index >= 15 is 0 Å². The fourth-order valence-electron chi connectivity index (χ4n) is 3.33. The lowest BCUT2D eigenvalue weighted by Crippen LogP contribution is -2.44. The lowest BCUT2D eigenvalue weighted by Gasteiger charge is -2.38. The largest absolute Gasteiger partial charge is 0.496 e. The molecule has 0 saturated heterocycles. The van der Waals surface area contributed by atoms with E-state index in [0.717, 1.165) is 22.8 Å². The van der Waals surface area contributed by atoms with Crippen LogP contribution in [0.4, 0.5) is 0 Å². The molecular formula is C17H27ClN2O. The van der Waals surface area contributed by atoms with Gasteiger partial charge in [0.2, 0.25) is 0 Å². The molecule has 1 aromatic carbocycles. The van der Waals surface area contributed by atoms with Crippen LogP contribution in [-0.4, -0.2) is 13.2 Å². The third-order valence-corrected chi connectivity index (χ3v) is 5.08. The fraction of sp³-hybridized carbons (Fsp3) is 0.647. The second kappa shape index (κ2) is 6.99. The third kappa shape index (κ3) is 4.35. The van der Waals surface area contributed by atoms with Gasteiger partial charge in [0.05, 0.1) is 7.11 Å². The van der Waals surface area contributed by atoms with Gasteiger partial charge >= 0.3 is 0 Å². The minimum absolute atomic E-state index is 0.272. The predicted molar refractivity (Wildman–Crippen MR) is 88.6 cm³/mol. The Labute approximate surface area is 133 Å². The maximum atomic E-state index is 6.12. The Morgan fingerprint density at radius 3 is 2.62 bits per heavy atom. The second-order valence-corrected chi connectivity index (χ2v) is 7.37. The number of benzene rings is 1. The molecule has 0 spiro atoms. The number of ether oxygens (including phenoxy) is 1. The van der Waals surface area contributed by atoms with Gasteiger partial charge in [-0.3, -0.25) is 11.3 Å². The highest BCUT2D eigenvalue weighted by atomic mass is 35.5. The van der Waals surface area contributed by atoms with Gasteiger partial charge in [-0.2, -0.15) is 0 Å². The van der Waals surface area contributed by atoms with E-state index in [4.69, 9.17) is 22.2 Å². The maximum absolute atomic E-state index is 6.12. The van der Waals surface area contributed by atoms with Crippen LogP contribution in [0.1, 0.15) is 45.1 Å². The number of hydrogen-bond donors (Lipinski definition) is 2. The van der Waals surface area contributed by atoms with Crippen molar-refractivity contribution in [3.05, 3.63) is 28.8 Å². The zero-order chi connectivity index (χ0) is 15.5. The average Bonchev–Trinajstić information content (AvgIpc) is 2.45. The van der Waals surface area contributed by atoms with Gasteiger partial charge in [0.1, 0.15) is 5.75 Å². The Kier molecular flexibility index (Phi) is 5.53. The first-order valence-corrected chi connectivity index (χ1v) is 8.11. The van der Waals surface area contributed by atoms with Gasteiger partial charge in [-0.25, -0.2) is 0 Å². The summed E-state index contributed by atoms with van der Waals surface area (Å²) in [6.45, 7) is 4.71. The molecule has 0 heterocycles. The lowest BCUT2D eigenvalue weighted by molar-refractivity contribution is 0.160. The molecule has 2 rings (SSSR count). The molecule has 1 unspecified atom stereocenters. The highest BCUT2D eigenvalue weighted by Gasteiger charge is 2.31. The summed E-state index contributed by atoms with van der Waals surface area (Å²) >= 11 is 6.12. The number of hydrazine groups is 1.